The first kappa shape index (κ1) is 17.2. The van der Waals surface area contributed by atoms with E-state index < -0.39 is 20.4 Å². The van der Waals surface area contributed by atoms with Gasteiger partial charge in [-0.05, 0) is 18.4 Å². The van der Waals surface area contributed by atoms with Crippen molar-refractivity contribution in [3.05, 3.63) is 35.9 Å². The highest BCUT2D eigenvalue weighted by molar-refractivity contribution is 8.32. The first-order valence-electron chi connectivity index (χ1n) is 6.57. The van der Waals surface area contributed by atoms with Crippen molar-refractivity contribution in [3.63, 3.8) is 0 Å². The lowest BCUT2D eigenvalue weighted by Gasteiger charge is -2.32. The molecule has 0 aromatic heterocycles. The molecule has 0 spiro atoms. The number of carbonyl (C=O) groups is 1. The number of carbonyl (C=O) groups excluding carboxylic acids is 1. The highest BCUT2D eigenvalue weighted by atomic mass is 32.3. The van der Waals surface area contributed by atoms with Gasteiger partial charge in [0.05, 0.1) is 11.5 Å². The van der Waals surface area contributed by atoms with Gasteiger partial charge in [0.15, 0.2) is 5.78 Å². The fourth-order valence-corrected chi connectivity index (χ4v) is 5.97. The molecule has 1 atom stereocenters. The topological polar surface area (TPSA) is 60.4 Å². The Kier molecular flexibility index (Phi) is 6.23. The highest BCUT2D eigenvalue weighted by Gasteiger charge is 2.28. The molecule has 1 aromatic rings. The maximum absolute atomic E-state index is 12.2. The van der Waals surface area contributed by atoms with Gasteiger partial charge in [-0.1, -0.05) is 44.2 Å². The van der Waals surface area contributed by atoms with Crippen LogP contribution in [0, 0.1) is 0 Å². The molecule has 0 amide bonds. The number of hydrogen-bond acceptors (Lipinski definition) is 4. The van der Waals surface area contributed by atoms with Crippen LogP contribution in [-0.4, -0.2) is 37.7 Å². The standard InChI is InChI=1S/C14H22O4S2/c1-4-11-20(16,17)18-19(3,5-2)12-14(15)13-9-7-6-8-10-13/h6-10H,4-5,11-12H2,1-3H3. The third kappa shape index (κ3) is 5.26. The summed E-state index contributed by atoms with van der Waals surface area (Å²) in [6, 6.07) is 8.89. The summed E-state index contributed by atoms with van der Waals surface area (Å²) in [5.41, 5.74) is 0.594. The van der Waals surface area contributed by atoms with Crippen LogP contribution in [0.5, 0.6) is 0 Å². The molecule has 0 heterocycles. The summed E-state index contributed by atoms with van der Waals surface area (Å²) in [5, 5.41) is 0. The van der Waals surface area contributed by atoms with E-state index in [-0.39, 0.29) is 17.3 Å². The summed E-state index contributed by atoms with van der Waals surface area (Å²) < 4.78 is 29.0. The molecule has 0 aliphatic carbocycles. The van der Waals surface area contributed by atoms with Gasteiger partial charge in [-0.25, -0.2) is 3.63 Å². The summed E-state index contributed by atoms with van der Waals surface area (Å²) in [6.07, 6.45) is 2.26. The smallest absolute Gasteiger partial charge is 0.276 e. The van der Waals surface area contributed by atoms with Gasteiger partial charge >= 0.3 is 0 Å². The Morgan fingerprint density at radius 3 is 2.25 bits per heavy atom. The predicted molar refractivity (Wildman–Crippen MR) is 84.9 cm³/mol. The summed E-state index contributed by atoms with van der Waals surface area (Å²) in [5.74, 6) is 0.594. The van der Waals surface area contributed by atoms with Crippen LogP contribution in [0.4, 0.5) is 0 Å². The van der Waals surface area contributed by atoms with Crippen LogP contribution in [0.1, 0.15) is 30.6 Å². The molecule has 1 unspecified atom stereocenters. The fourth-order valence-electron chi connectivity index (χ4n) is 1.69. The molecular formula is C14H22O4S2. The normalized spacial score (nSPS) is 16.4. The molecule has 0 bridgehead atoms. The van der Waals surface area contributed by atoms with Crippen molar-refractivity contribution < 1.29 is 16.8 Å². The monoisotopic (exact) mass is 318 g/mol. The molecule has 20 heavy (non-hydrogen) atoms. The van der Waals surface area contributed by atoms with Crippen molar-refractivity contribution in [2.45, 2.75) is 20.3 Å². The van der Waals surface area contributed by atoms with E-state index in [0.29, 0.717) is 17.7 Å². The lowest BCUT2D eigenvalue weighted by Crippen LogP contribution is -2.22. The number of rotatable bonds is 8. The van der Waals surface area contributed by atoms with E-state index in [0.717, 1.165) is 0 Å². The average molecular weight is 318 g/mol. The third-order valence-electron chi connectivity index (χ3n) is 2.86. The average Bonchev–Trinajstić information content (AvgIpc) is 2.38. The summed E-state index contributed by atoms with van der Waals surface area (Å²) in [6.45, 7) is 3.64. The Morgan fingerprint density at radius 1 is 1.15 bits per heavy atom. The van der Waals surface area contributed by atoms with Gasteiger partial charge in [-0.3, -0.25) is 4.79 Å². The molecule has 0 saturated heterocycles. The van der Waals surface area contributed by atoms with E-state index in [1.165, 1.54) is 0 Å². The van der Waals surface area contributed by atoms with Gasteiger partial charge in [-0.2, -0.15) is 8.42 Å². The molecular weight excluding hydrogens is 296 g/mol. The minimum atomic E-state index is -3.54. The van der Waals surface area contributed by atoms with Crippen LogP contribution >= 0.6 is 10.3 Å². The number of Topliss-reactive ketones (excluding diaryl/α,β-unsaturated/α-hetero) is 1. The first-order valence-corrected chi connectivity index (χ1v) is 10.5. The van der Waals surface area contributed by atoms with Crippen molar-refractivity contribution in [1.82, 2.24) is 0 Å². The Labute approximate surface area is 123 Å². The number of hydrogen-bond donors (Lipinski definition) is 0. The maximum Gasteiger partial charge on any atom is 0.276 e. The lowest BCUT2D eigenvalue weighted by molar-refractivity contribution is 0.102. The second kappa shape index (κ2) is 7.24. The van der Waals surface area contributed by atoms with Crippen molar-refractivity contribution in [2.75, 3.05) is 23.5 Å². The fraction of sp³-hybridized carbons (Fsp3) is 0.500. The summed E-state index contributed by atoms with van der Waals surface area (Å²) >= 11 is 0. The molecule has 0 aliphatic heterocycles. The molecule has 0 aliphatic rings. The van der Waals surface area contributed by atoms with E-state index in [1.54, 1.807) is 37.4 Å². The minimum absolute atomic E-state index is 0.00484. The Morgan fingerprint density at radius 2 is 1.75 bits per heavy atom. The summed E-state index contributed by atoms with van der Waals surface area (Å²) in [7, 11) is -5.49. The molecule has 0 fully saturated rings. The highest BCUT2D eigenvalue weighted by Crippen LogP contribution is 2.47. The Bertz CT molecular complexity index is 540. The number of ketones is 1. The molecule has 0 N–H and O–H groups in total. The quantitative estimate of drug-likeness (QED) is 0.691. The molecule has 114 valence electrons. The van der Waals surface area contributed by atoms with Crippen molar-refractivity contribution in [1.29, 1.82) is 0 Å². The number of benzene rings is 1. The van der Waals surface area contributed by atoms with Gasteiger partial charge in [0, 0.05) is 5.56 Å². The van der Waals surface area contributed by atoms with E-state index in [1.807, 2.05) is 13.0 Å². The van der Waals surface area contributed by atoms with Gasteiger partial charge in [0.25, 0.3) is 10.1 Å². The molecule has 0 saturated carbocycles. The summed E-state index contributed by atoms with van der Waals surface area (Å²) in [4.78, 5) is 12.2. The predicted octanol–water partition coefficient (Wildman–Crippen LogP) is 3.00. The molecule has 4 nitrogen and oxygen atoms in total. The van der Waals surface area contributed by atoms with Gasteiger partial charge < -0.3 is 0 Å². The Hall–Kier alpha value is -0.850. The first-order chi connectivity index (χ1) is 9.32. The van der Waals surface area contributed by atoms with Gasteiger partial charge in [-0.15, -0.1) is 10.3 Å². The van der Waals surface area contributed by atoms with Crippen LogP contribution in [0.15, 0.2) is 30.3 Å². The molecule has 6 heteroatoms. The molecule has 1 aromatic carbocycles. The SMILES string of the molecule is CCCS(=O)(=O)OS(C)(CC)CC(=O)c1ccccc1. The second-order valence-electron chi connectivity index (χ2n) is 4.74. The van der Waals surface area contributed by atoms with Gasteiger partial charge in [0.2, 0.25) is 0 Å². The van der Waals surface area contributed by atoms with Crippen LogP contribution in [0.3, 0.4) is 0 Å². The largest absolute Gasteiger partial charge is 0.293 e. The van der Waals surface area contributed by atoms with E-state index in [4.69, 9.17) is 3.63 Å². The van der Waals surface area contributed by atoms with Crippen molar-refractivity contribution in [2.24, 2.45) is 0 Å². The van der Waals surface area contributed by atoms with Crippen LogP contribution < -0.4 is 0 Å². The van der Waals surface area contributed by atoms with E-state index in [2.05, 4.69) is 0 Å². The van der Waals surface area contributed by atoms with Crippen LogP contribution in [0.25, 0.3) is 0 Å². The zero-order chi connectivity index (χ0) is 15.2. The maximum atomic E-state index is 12.2. The lowest BCUT2D eigenvalue weighted by atomic mass is 10.2. The minimum Gasteiger partial charge on any atom is -0.293 e. The van der Waals surface area contributed by atoms with Gasteiger partial charge in [0.1, 0.15) is 0 Å². The molecule has 1 rings (SSSR count). The van der Waals surface area contributed by atoms with E-state index in [9.17, 15) is 13.2 Å². The van der Waals surface area contributed by atoms with E-state index >= 15 is 0 Å². The van der Waals surface area contributed by atoms with Crippen molar-refractivity contribution in [3.8, 4) is 0 Å². The van der Waals surface area contributed by atoms with Crippen molar-refractivity contribution >= 4 is 26.2 Å². The molecule has 0 radical (unpaired) electrons. The second-order valence-corrected chi connectivity index (χ2v) is 10.0. The van der Waals surface area contributed by atoms with Crippen LogP contribution in [0.2, 0.25) is 0 Å². The third-order valence-corrected chi connectivity index (χ3v) is 8.01. The zero-order valence-electron chi connectivity index (χ0n) is 12.2. The zero-order valence-corrected chi connectivity index (χ0v) is 13.8. The van der Waals surface area contributed by atoms with Crippen LogP contribution in [-0.2, 0) is 13.7 Å². The Balaban J connectivity index is 2.82.